The van der Waals surface area contributed by atoms with Gasteiger partial charge in [-0.25, -0.2) is 0 Å². The van der Waals surface area contributed by atoms with E-state index < -0.39 is 83.6 Å². The van der Waals surface area contributed by atoms with Gasteiger partial charge in [0.05, 0.1) is 30.8 Å². The minimum absolute atomic E-state index is 0.0401. The summed E-state index contributed by atoms with van der Waals surface area (Å²) in [5.74, 6) is 1.48. The van der Waals surface area contributed by atoms with Crippen LogP contribution in [0, 0.1) is 23.2 Å². The molecular weight excluding hydrogens is 726 g/mol. The zero-order valence-electron chi connectivity index (χ0n) is 33.7. The first-order valence-electron chi connectivity index (χ1n) is 18.6. The molecule has 306 valence electrons. The summed E-state index contributed by atoms with van der Waals surface area (Å²) in [6.07, 6.45) is 1.76. The number of methoxy groups -OCH3 is 1. The fourth-order valence-electron chi connectivity index (χ4n) is 5.94. The average Bonchev–Trinajstić information content (AvgIpc) is 3.63. The molecule has 1 aromatic carbocycles. The quantitative estimate of drug-likeness (QED) is 0.0848. The van der Waals surface area contributed by atoms with Crippen molar-refractivity contribution in [1.29, 1.82) is 0 Å². The van der Waals surface area contributed by atoms with Crippen molar-refractivity contribution in [3.63, 3.8) is 0 Å². The van der Waals surface area contributed by atoms with Crippen LogP contribution in [0.25, 0.3) is 0 Å². The number of imide groups is 1. The second-order valence-corrected chi connectivity index (χ2v) is 14.9. The van der Waals surface area contributed by atoms with Gasteiger partial charge in [-0.1, -0.05) is 31.8 Å². The van der Waals surface area contributed by atoms with E-state index in [2.05, 4.69) is 27.8 Å². The van der Waals surface area contributed by atoms with E-state index in [9.17, 15) is 33.6 Å². The Kier molecular flexibility index (Phi) is 16.7. The van der Waals surface area contributed by atoms with Crippen molar-refractivity contribution in [2.24, 2.45) is 11.3 Å². The molecule has 2 aliphatic rings. The first kappa shape index (κ1) is 45.3. The molecule has 1 aromatic rings. The lowest BCUT2D eigenvalue weighted by molar-refractivity contribution is -0.154. The van der Waals surface area contributed by atoms with Crippen molar-refractivity contribution in [3.8, 4) is 11.8 Å². The lowest BCUT2D eigenvalue weighted by Gasteiger charge is -2.30. The molecule has 3 rings (SSSR count). The van der Waals surface area contributed by atoms with Crippen LogP contribution in [0.5, 0.6) is 0 Å². The summed E-state index contributed by atoms with van der Waals surface area (Å²) in [7, 11) is 1.56. The van der Waals surface area contributed by atoms with E-state index in [1.807, 2.05) is 0 Å². The van der Waals surface area contributed by atoms with Crippen LogP contribution in [0.15, 0.2) is 30.4 Å². The Hall–Kier alpha value is -5.11. The summed E-state index contributed by atoms with van der Waals surface area (Å²) < 4.78 is 21.6. The summed E-state index contributed by atoms with van der Waals surface area (Å²) in [6, 6.07) is 1.09. The van der Waals surface area contributed by atoms with Gasteiger partial charge in [0.25, 0.3) is 11.8 Å². The number of hydrogen-bond donors (Lipinski definition) is 3. The third kappa shape index (κ3) is 12.5. The lowest BCUT2D eigenvalue weighted by Crippen LogP contribution is -2.56. The Labute approximate surface area is 328 Å². The molecule has 5 atom stereocenters. The molecular formula is C40H55N5O11. The Morgan fingerprint density at radius 3 is 2.25 bits per heavy atom. The number of amides is 6. The number of carbonyl (C=O) groups is 7. The van der Waals surface area contributed by atoms with Gasteiger partial charge >= 0.3 is 5.97 Å². The van der Waals surface area contributed by atoms with Crippen LogP contribution in [-0.2, 0) is 59.1 Å². The molecule has 0 spiro atoms. The van der Waals surface area contributed by atoms with E-state index in [0.29, 0.717) is 36.6 Å². The summed E-state index contributed by atoms with van der Waals surface area (Å²) in [6.45, 7) is 14.4. The largest absolute Gasteiger partial charge is 0.460 e. The molecule has 0 saturated carbocycles. The van der Waals surface area contributed by atoms with Crippen LogP contribution in [0.4, 0.5) is 5.69 Å². The molecule has 1 saturated heterocycles. The van der Waals surface area contributed by atoms with E-state index in [4.69, 9.17) is 18.9 Å². The number of esters is 1. The van der Waals surface area contributed by atoms with Crippen LogP contribution in [-0.4, -0.2) is 122 Å². The first-order valence-corrected chi connectivity index (χ1v) is 18.6. The number of nitrogens with one attached hydrogen (secondary N) is 3. The molecule has 1 fully saturated rings. The first-order chi connectivity index (χ1) is 26.4. The summed E-state index contributed by atoms with van der Waals surface area (Å²) in [5.41, 5.74) is 0.778. The molecule has 0 bridgehead atoms. The third-order valence-electron chi connectivity index (χ3n) is 9.07. The highest BCUT2D eigenvalue weighted by Gasteiger charge is 2.49. The maximum absolute atomic E-state index is 13.6. The minimum Gasteiger partial charge on any atom is -0.460 e. The predicted octanol–water partition coefficient (Wildman–Crippen LogP) is 1.69. The lowest BCUT2D eigenvalue weighted by atomic mass is 9.97. The maximum Gasteiger partial charge on any atom is 0.311 e. The van der Waals surface area contributed by atoms with Crippen molar-refractivity contribution < 1.29 is 52.5 Å². The molecule has 0 aliphatic carbocycles. The molecule has 16 nitrogen and oxygen atoms in total. The third-order valence-corrected chi connectivity index (χ3v) is 9.07. The van der Waals surface area contributed by atoms with Gasteiger partial charge in [0.2, 0.25) is 23.6 Å². The Bertz CT molecular complexity index is 1710. The van der Waals surface area contributed by atoms with E-state index in [0.717, 1.165) is 17.1 Å². The van der Waals surface area contributed by atoms with Crippen molar-refractivity contribution in [1.82, 2.24) is 20.4 Å². The average molecular weight is 782 g/mol. The number of anilines is 1. The number of ether oxygens (including phenoxy) is 4. The fourth-order valence-corrected chi connectivity index (χ4v) is 5.94. The van der Waals surface area contributed by atoms with Crippen LogP contribution in [0.1, 0.15) is 72.9 Å². The number of carbonyl (C=O) groups excluding carboxylic acids is 7. The van der Waals surface area contributed by atoms with Crippen molar-refractivity contribution in [3.05, 3.63) is 41.5 Å². The standard InChI is InChI=1S/C40H55N5O11/c1-10-55-26(5)30-21-31(45-33(47)15-16-34(45)48)38(51)44(30)22-32(46)43-35(24(2)3)37(50)41-25(4)36(49)42-29-14-13-28(23-56-39(52)40(6,7)8)27(20-29)12-11-17-54-19-18-53-9/h13-16,20,24-26,30-31,35H,10,17-19,21-23H2,1-9H3,(H,41,50)(H,42,49)(H,43,46)/t25-,26?,30-,31-,35-/m0/s1. The molecule has 2 heterocycles. The Balaban J connectivity index is 1.69. The Morgan fingerprint density at radius 1 is 0.964 bits per heavy atom. The van der Waals surface area contributed by atoms with E-state index in [-0.39, 0.29) is 25.6 Å². The van der Waals surface area contributed by atoms with Gasteiger partial charge in [0, 0.05) is 49.1 Å². The number of hydrogen-bond acceptors (Lipinski definition) is 11. The highest BCUT2D eigenvalue weighted by Crippen LogP contribution is 2.29. The maximum atomic E-state index is 13.6. The molecule has 3 N–H and O–H groups in total. The minimum atomic E-state index is -1.10. The molecule has 6 amide bonds. The second-order valence-electron chi connectivity index (χ2n) is 14.9. The van der Waals surface area contributed by atoms with Gasteiger partial charge in [-0.3, -0.25) is 38.5 Å². The zero-order chi connectivity index (χ0) is 41.7. The molecule has 0 radical (unpaired) electrons. The molecule has 56 heavy (non-hydrogen) atoms. The number of likely N-dealkylation sites (tertiary alicyclic amines) is 1. The fraction of sp³-hybridized carbons (Fsp3) is 0.575. The van der Waals surface area contributed by atoms with E-state index in [1.165, 1.54) is 11.8 Å². The predicted molar refractivity (Wildman–Crippen MR) is 204 cm³/mol. The normalized spacial score (nSPS) is 18.4. The molecule has 2 aliphatic heterocycles. The molecule has 0 aromatic heterocycles. The monoisotopic (exact) mass is 781 g/mol. The smallest absolute Gasteiger partial charge is 0.311 e. The van der Waals surface area contributed by atoms with Gasteiger partial charge in [-0.05, 0) is 59.6 Å². The van der Waals surface area contributed by atoms with Gasteiger partial charge in [0.15, 0.2) is 0 Å². The van der Waals surface area contributed by atoms with Crippen LogP contribution < -0.4 is 16.0 Å². The van der Waals surface area contributed by atoms with Gasteiger partial charge in [0.1, 0.15) is 37.9 Å². The molecule has 1 unspecified atom stereocenters. The van der Waals surface area contributed by atoms with Crippen LogP contribution in [0.3, 0.4) is 0 Å². The second kappa shape index (κ2) is 20.7. The highest BCUT2D eigenvalue weighted by molar-refractivity contribution is 6.15. The van der Waals surface area contributed by atoms with Crippen molar-refractivity contribution >= 4 is 47.1 Å². The van der Waals surface area contributed by atoms with E-state index in [1.54, 1.807) is 73.8 Å². The number of benzene rings is 1. The molecule has 16 heteroatoms. The topological polar surface area (TPSA) is 199 Å². The Morgan fingerprint density at radius 2 is 1.64 bits per heavy atom. The van der Waals surface area contributed by atoms with Gasteiger partial charge in [-0.15, -0.1) is 0 Å². The summed E-state index contributed by atoms with van der Waals surface area (Å²) in [5, 5.41) is 8.10. The van der Waals surface area contributed by atoms with Crippen molar-refractivity contribution in [2.45, 2.75) is 98.7 Å². The van der Waals surface area contributed by atoms with Crippen LogP contribution >= 0.6 is 0 Å². The number of rotatable bonds is 18. The SMILES string of the molecule is CCOC(C)[C@@H]1C[C@H](N2C(=O)C=CC2=O)C(=O)N1CC(=O)N[C@H](C(=O)N[C@@H](C)C(=O)Nc1ccc(COC(=O)C(C)(C)C)c(C#CCOCCOC)c1)C(C)C. The summed E-state index contributed by atoms with van der Waals surface area (Å²) in [4.78, 5) is 93.1. The highest BCUT2D eigenvalue weighted by atomic mass is 16.5. The van der Waals surface area contributed by atoms with Gasteiger partial charge in [-0.2, -0.15) is 0 Å². The van der Waals surface area contributed by atoms with Crippen molar-refractivity contribution in [2.75, 3.05) is 45.4 Å². The van der Waals surface area contributed by atoms with E-state index >= 15 is 0 Å². The van der Waals surface area contributed by atoms with Crippen LogP contribution in [0.2, 0.25) is 0 Å². The summed E-state index contributed by atoms with van der Waals surface area (Å²) >= 11 is 0. The number of nitrogens with zero attached hydrogens (tertiary/aromatic N) is 2. The zero-order valence-corrected chi connectivity index (χ0v) is 33.7. The van der Waals surface area contributed by atoms with Gasteiger partial charge < -0.3 is 39.8 Å².